The van der Waals surface area contributed by atoms with Gasteiger partial charge in [0.2, 0.25) is 0 Å². The van der Waals surface area contributed by atoms with Crippen LogP contribution < -0.4 is 0 Å². The van der Waals surface area contributed by atoms with Gasteiger partial charge in [-0.05, 0) is 18.7 Å². The maximum atomic E-state index is 11.3. The minimum Gasteiger partial charge on any atom is -0.302 e. The molecule has 1 saturated carbocycles. The number of piperidine rings is 1. The largest absolute Gasteiger partial charge is 0.302 e. The summed E-state index contributed by atoms with van der Waals surface area (Å²) in [5, 5.41) is 0. The molecule has 1 saturated heterocycles. The number of hydrogen-bond acceptors (Lipinski definition) is 2. The van der Waals surface area contributed by atoms with Crippen LogP contribution in [0.15, 0.2) is 0 Å². The molecule has 0 N–H and O–H groups in total. The van der Waals surface area contributed by atoms with Gasteiger partial charge in [0.15, 0.2) is 0 Å². The Bertz CT molecular complexity index is 428. The quantitative estimate of drug-likeness (QED) is 0.686. The maximum absolute atomic E-state index is 11.3. The predicted octanol–water partition coefficient (Wildman–Crippen LogP) is 2.23. The average molecular weight is 203 g/mol. The van der Waals surface area contributed by atoms with Crippen LogP contribution in [-0.2, 0) is 4.79 Å². The molecule has 2 fully saturated rings. The highest BCUT2D eigenvalue weighted by atomic mass is 16.1. The van der Waals surface area contributed by atoms with Crippen molar-refractivity contribution in [2.24, 2.45) is 5.92 Å². The fourth-order valence-corrected chi connectivity index (χ4v) is 1.76. The molecule has 2 nitrogen and oxygen atoms in total. The molecule has 0 atom stereocenters. The van der Waals surface area contributed by atoms with E-state index in [9.17, 15) is 4.79 Å². The van der Waals surface area contributed by atoms with E-state index in [1.807, 2.05) is 0 Å². The topological polar surface area (TPSA) is 20.3 Å². The Hall–Kier alpha value is -0.370. The lowest BCUT2D eigenvalue weighted by molar-refractivity contribution is -0.121. The summed E-state index contributed by atoms with van der Waals surface area (Å²) >= 11 is 0. The minimum atomic E-state index is -2.48. The standard InChI is InChI=1S/C12H21NO/c14-12-6-8-13(9-7-12)10-11-4-2-1-3-5-11/h11H,1-10H2/i2D2,3D2,4D2,5D2. The predicted molar refractivity (Wildman–Crippen MR) is 57.3 cm³/mol. The van der Waals surface area contributed by atoms with E-state index in [0.29, 0.717) is 25.9 Å². The molecule has 0 unspecified atom stereocenters. The normalized spacial score (nSPS) is 49.6. The van der Waals surface area contributed by atoms with E-state index >= 15 is 0 Å². The van der Waals surface area contributed by atoms with E-state index in [0.717, 1.165) is 0 Å². The molecule has 0 bridgehead atoms. The van der Waals surface area contributed by atoms with Crippen LogP contribution in [-0.4, -0.2) is 30.3 Å². The Kier molecular flexibility index (Phi) is 1.49. The summed E-state index contributed by atoms with van der Waals surface area (Å²) in [7, 11) is 0. The van der Waals surface area contributed by atoms with Crippen molar-refractivity contribution in [3.05, 3.63) is 0 Å². The zero-order valence-corrected chi connectivity index (χ0v) is 8.18. The number of ketones is 1. The van der Waals surface area contributed by atoms with Gasteiger partial charge in [-0.15, -0.1) is 0 Å². The van der Waals surface area contributed by atoms with Crippen molar-refractivity contribution in [1.82, 2.24) is 4.90 Å². The zero-order valence-electron chi connectivity index (χ0n) is 16.2. The van der Waals surface area contributed by atoms with Gasteiger partial charge in [0, 0.05) is 43.4 Å². The fraction of sp³-hybridized carbons (Fsp3) is 0.917. The Morgan fingerprint density at radius 1 is 1.29 bits per heavy atom. The van der Waals surface area contributed by atoms with Crippen molar-refractivity contribution in [3.8, 4) is 0 Å². The third kappa shape index (κ3) is 2.81. The zero-order chi connectivity index (χ0) is 17.0. The molecule has 0 aromatic heterocycles. The highest BCUT2D eigenvalue weighted by Gasteiger charge is 2.20. The fourth-order valence-electron chi connectivity index (χ4n) is 1.76. The highest BCUT2D eigenvalue weighted by molar-refractivity contribution is 5.79. The lowest BCUT2D eigenvalue weighted by Crippen LogP contribution is -2.37. The van der Waals surface area contributed by atoms with Crippen LogP contribution in [0.4, 0.5) is 0 Å². The molecule has 0 aromatic carbocycles. The average Bonchev–Trinajstić information content (AvgIpc) is 2.34. The van der Waals surface area contributed by atoms with E-state index in [-0.39, 0.29) is 12.3 Å². The smallest absolute Gasteiger partial charge is 0.135 e. The van der Waals surface area contributed by atoms with Crippen LogP contribution in [0.2, 0.25) is 0 Å². The van der Waals surface area contributed by atoms with Crippen LogP contribution in [0, 0.1) is 5.92 Å². The van der Waals surface area contributed by atoms with Crippen molar-refractivity contribution in [2.45, 2.75) is 44.8 Å². The summed E-state index contributed by atoms with van der Waals surface area (Å²) in [5.74, 6) is -1.33. The van der Waals surface area contributed by atoms with Crippen LogP contribution in [0.25, 0.3) is 0 Å². The molecule has 14 heavy (non-hydrogen) atoms. The van der Waals surface area contributed by atoms with Crippen LogP contribution in [0.5, 0.6) is 0 Å². The minimum absolute atomic E-state index is 0.0910. The van der Waals surface area contributed by atoms with Gasteiger partial charge in [-0.2, -0.15) is 0 Å². The van der Waals surface area contributed by atoms with Crippen molar-refractivity contribution < 1.29 is 15.8 Å². The van der Waals surface area contributed by atoms with Gasteiger partial charge in [-0.25, -0.2) is 0 Å². The van der Waals surface area contributed by atoms with Gasteiger partial charge >= 0.3 is 0 Å². The first-order chi connectivity index (χ1) is 9.81. The van der Waals surface area contributed by atoms with Crippen molar-refractivity contribution in [2.75, 3.05) is 19.6 Å². The third-order valence-corrected chi connectivity index (χ3v) is 2.58. The molecule has 0 spiro atoms. The number of Topliss-reactive ketones (excluding diaryl/α,β-unsaturated/α-hetero) is 1. The molecule has 2 heteroatoms. The number of nitrogens with zero attached hydrogens (tertiary/aromatic N) is 1. The first-order valence-electron chi connectivity index (χ1n) is 9.05. The van der Waals surface area contributed by atoms with Crippen LogP contribution in [0.3, 0.4) is 0 Å². The van der Waals surface area contributed by atoms with Gasteiger partial charge < -0.3 is 4.90 Å². The van der Waals surface area contributed by atoms with E-state index < -0.39 is 37.8 Å². The maximum Gasteiger partial charge on any atom is 0.135 e. The number of rotatable bonds is 2. The Morgan fingerprint density at radius 3 is 2.57 bits per heavy atom. The monoisotopic (exact) mass is 203 g/mol. The Balaban J connectivity index is 2.29. The molecule has 0 radical (unpaired) electrons. The number of likely N-dealkylation sites (tertiary alicyclic amines) is 1. The molecule has 1 aliphatic heterocycles. The summed E-state index contributed by atoms with van der Waals surface area (Å²) in [6.07, 6.45) is -10.0. The number of carbonyl (C=O) groups excluding carboxylic acids is 1. The molecule has 2 rings (SSSR count). The second-order valence-corrected chi connectivity index (χ2v) is 3.71. The number of carbonyl (C=O) groups is 1. The Labute approximate surface area is 97.9 Å². The first kappa shape index (κ1) is 4.25. The molecule has 1 aliphatic carbocycles. The molecular weight excluding hydrogens is 174 g/mol. The first-order valence-corrected chi connectivity index (χ1v) is 5.05. The summed E-state index contributed by atoms with van der Waals surface area (Å²) in [6.45, 7) is 0.674. The van der Waals surface area contributed by atoms with Crippen molar-refractivity contribution >= 4 is 5.78 Å². The van der Waals surface area contributed by atoms with E-state index in [4.69, 9.17) is 11.0 Å². The summed E-state index contributed by atoms with van der Waals surface area (Å²) in [4.78, 5) is 13.0. The van der Waals surface area contributed by atoms with Gasteiger partial charge in [-0.3, -0.25) is 4.79 Å². The lowest BCUT2D eigenvalue weighted by atomic mass is 9.88. The van der Waals surface area contributed by atoms with Crippen LogP contribution >= 0.6 is 0 Å². The SMILES string of the molecule is [2H]C1([2H])CC([2H])([2H])C([2H])([2H])C(CN2CCC(=O)CC2)C1([2H])[2H]. The molecule has 2 aliphatic rings. The van der Waals surface area contributed by atoms with Crippen molar-refractivity contribution in [3.63, 3.8) is 0 Å². The van der Waals surface area contributed by atoms with E-state index in [1.54, 1.807) is 4.90 Å². The van der Waals surface area contributed by atoms with Gasteiger partial charge in [0.25, 0.3) is 0 Å². The molecule has 1 heterocycles. The molecular formula is C12H21NO. The second kappa shape index (κ2) is 4.92. The molecule has 80 valence electrons. The van der Waals surface area contributed by atoms with Gasteiger partial charge in [0.05, 0.1) is 0 Å². The molecule has 0 amide bonds. The lowest BCUT2D eigenvalue weighted by Gasteiger charge is -2.31. The summed E-state index contributed by atoms with van der Waals surface area (Å²) in [5.41, 5.74) is 0. The van der Waals surface area contributed by atoms with E-state index in [1.165, 1.54) is 0 Å². The third-order valence-electron chi connectivity index (χ3n) is 2.58. The van der Waals surface area contributed by atoms with Gasteiger partial charge in [0.1, 0.15) is 5.78 Å². The van der Waals surface area contributed by atoms with Crippen LogP contribution in [0.1, 0.15) is 55.7 Å². The Morgan fingerprint density at radius 2 is 1.93 bits per heavy atom. The summed E-state index contributed by atoms with van der Waals surface area (Å²) in [6, 6.07) is 0. The number of hydrogen-bond donors (Lipinski definition) is 0. The van der Waals surface area contributed by atoms with Crippen molar-refractivity contribution in [1.29, 1.82) is 0 Å². The second-order valence-electron chi connectivity index (χ2n) is 3.71. The molecule has 0 aromatic rings. The summed E-state index contributed by atoms with van der Waals surface area (Å²) < 4.78 is 63.7. The van der Waals surface area contributed by atoms with E-state index in [2.05, 4.69) is 0 Å². The van der Waals surface area contributed by atoms with Gasteiger partial charge in [-0.1, -0.05) is 19.2 Å². The highest BCUT2D eigenvalue weighted by Crippen LogP contribution is 2.25.